The van der Waals surface area contributed by atoms with Crippen LogP contribution < -0.4 is 0 Å². The summed E-state index contributed by atoms with van der Waals surface area (Å²) >= 11 is 0. The zero-order chi connectivity index (χ0) is 39.1. The fourth-order valence-corrected chi connectivity index (χ4v) is 9.25. The first-order chi connectivity index (χ1) is 27.8. The number of benzene rings is 9. The van der Waals surface area contributed by atoms with Crippen LogP contribution in [0.1, 0.15) is 38.9 Å². The summed E-state index contributed by atoms with van der Waals surface area (Å²) in [6.45, 7) is 6.17. The molecule has 0 bridgehead atoms. The van der Waals surface area contributed by atoms with E-state index in [1.54, 1.807) is 0 Å². The topological polar surface area (TPSA) is 95.2 Å². The van der Waals surface area contributed by atoms with Crippen LogP contribution in [0, 0.1) is 66.1 Å². The second kappa shape index (κ2) is 12.5. The van der Waals surface area contributed by atoms with Crippen molar-refractivity contribution in [2.45, 2.75) is 20.8 Å². The summed E-state index contributed by atoms with van der Waals surface area (Å²) in [7, 11) is 0. The van der Waals surface area contributed by atoms with Gasteiger partial charge in [0, 0.05) is 0 Å². The summed E-state index contributed by atoms with van der Waals surface area (Å²) in [5, 5.41) is 47.8. The van der Waals surface area contributed by atoms with Gasteiger partial charge in [-0.25, -0.2) is 0 Å². The van der Waals surface area contributed by atoms with Gasteiger partial charge in [0.1, 0.15) is 0 Å². The van der Waals surface area contributed by atoms with Crippen LogP contribution >= 0.6 is 0 Å². The first kappa shape index (κ1) is 33.5. The highest BCUT2D eigenvalue weighted by atomic mass is 14.3. The first-order valence-electron chi connectivity index (χ1n) is 18.8. The molecule has 1 aliphatic rings. The molecule has 0 unspecified atom stereocenters. The number of nitrogens with zero attached hydrogens (tertiary/aromatic N) is 4. The van der Waals surface area contributed by atoms with Crippen molar-refractivity contribution in [3.63, 3.8) is 0 Å². The van der Waals surface area contributed by atoms with Gasteiger partial charge in [-0.05, 0) is 209 Å². The van der Waals surface area contributed by atoms with Crippen molar-refractivity contribution >= 4 is 43.1 Å². The van der Waals surface area contributed by atoms with Gasteiger partial charge in [0.15, 0.2) is 0 Å². The molecule has 9 aromatic carbocycles. The second-order valence-electron chi connectivity index (χ2n) is 15.1. The molecule has 0 amide bonds. The molecule has 9 aromatic rings. The summed E-state index contributed by atoms with van der Waals surface area (Å²) in [4.78, 5) is 0. The van der Waals surface area contributed by atoms with Gasteiger partial charge in [0.05, 0.1) is 46.5 Å². The molecule has 0 aromatic heterocycles. The van der Waals surface area contributed by atoms with Crippen molar-refractivity contribution in [2.75, 3.05) is 0 Å². The number of aryl methyl sites for hydroxylation is 3. The molecule has 0 saturated heterocycles. The normalized spacial score (nSPS) is 11.4. The Kier molecular flexibility index (Phi) is 7.37. The Hall–Kier alpha value is -8.02. The van der Waals surface area contributed by atoms with E-state index in [4.69, 9.17) is 0 Å². The van der Waals surface area contributed by atoms with Crippen molar-refractivity contribution in [2.24, 2.45) is 0 Å². The van der Waals surface area contributed by atoms with Crippen LogP contribution in [0.2, 0.25) is 0 Å². The maximum atomic E-state index is 10.0. The maximum absolute atomic E-state index is 10.0. The zero-order valence-corrected chi connectivity index (χ0v) is 31.4. The maximum Gasteiger partial charge on any atom is 0.0991 e. The lowest BCUT2D eigenvalue weighted by Crippen LogP contribution is -1.93. The number of hydrogen-bond donors (Lipinski definition) is 0. The predicted octanol–water partition coefficient (Wildman–Crippen LogP) is 13.4. The van der Waals surface area contributed by atoms with E-state index in [2.05, 4.69) is 111 Å². The monoisotopic (exact) mass is 722 g/mol. The highest BCUT2D eigenvalue weighted by Gasteiger charge is 2.26. The van der Waals surface area contributed by atoms with Crippen molar-refractivity contribution in [3.05, 3.63) is 166 Å². The zero-order valence-electron chi connectivity index (χ0n) is 31.4. The summed E-state index contributed by atoms with van der Waals surface area (Å²) in [5.41, 5.74) is 16.6. The Labute approximate surface area is 330 Å². The lowest BCUT2D eigenvalue weighted by molar-refractivity contribution is 1.42. The summed E-state index contributed by atoms with van der Waals surface area (Å²) in [6.07, 6.45) is 0. The molecule has 0 saturated carbocycles. The van der Waals surface area contributed by atoms with Crippen molar-refractivity contribution in [3.8, 4) is 79.9 Å². The van der Waals surface area contributed by atoms with Gasteiger partial charge in [0.2, 0.25) is 0 Å². The summed E-state index contributed by atoms with van der Waals surface area (Å²) in [6, 6.07) is 53.1. The van der Waals surface area contributed by atoms with Gasteiger partial charge in [-0.1, -0.05) is 54.6 Å². The third kappa shape index (κ3) is 4.96. The fraction of sp³-hybridized carbons (Fsp3) is 0.0566. The van der Waals surface area contributed by atoms with Crippen molar-refractivity contribution in [1.82, 2.24) is 0 Å². The second-order valence-corrected chi connectivity index (χ2v) is 15.1. The molecule has 57 heavy (non-hydrogen) atoms. The molecule has 0 heterocycles. The third-order valence-electron chi connectivity index (χ3n) is 11.9. The predicted molar refractivity (Wildman–Crippen MR) is 230 cm³/mol. The molecule has 0 fully saturated rings. The minimum atomic E-state index is 0.581. The van der Waals surface area contributed by atoms with Crippen molar-refractivity contribution < 1.29 is 0 Å². The molecule has 1 aliphatic carbocycles. The third-order valence-corrected chi connectivity index (χ3v) is 11.9. The van der Waals surface area contributed by atoms with Gasteiger partial charge >= 0.3 is 0 Å². The van der Waals surface area contributed by atoms with E-state index in [1.165, 1.54) is 33.0 Å². The minimum Gasteiger partial charge on any atom is -0.192 e. The van der Waals surface area contributed by atoms with Crippen LogP contribution in [0.15, 0.2) is 127 Å². The highest BCUT2D eigenvalue weighted by molar-refractivity contribution is 6.27. The Morgan fingerprint density at radius 2 is 0.667 bits per heavy atom. The van der Waals surface area contributed by atoms with Crippen LogP contribution in [-0.4, -0.2) is 0 Å². The van der Waals surface area contributed by atoms with E-state index in [1.807, 2.05) is 61.5 Å². The van der Waals surface area contributed by atoms with Gasteiger partial charge in [-0.15, -0.1) is 0 Å². The van der Waals surface area contributed by atoms with E-state index < -0.39 is 0 Å². The van der Waals surface area contributed by atoms with Gasteiger partial charge in [-0.3, -0.25) is 0 Å². The van der Waals surface area contributed by atoms with E-state index >= 15 is 0 Å². The largest absolute Gasteiger partial charge is 0.192 e. The summed E-state index contributed by atoms with van der Waals surface area (Å²) in [5.74, 6) is 0. The number of nitriles is 4. The van der Waals surface area contributed by atoms with Crippen LogP contribution in [0.4, 0.5) is 0 Å². The van der Waals surface area contributed by atoms with Crippen LogP contribution in [0.25, 0.3) is 98.7 Å². The van der Waals surface area contributed by atoms with E-state index in [0.717, 1.165) is 82.4 Å². The van der Waals surface area contributed by atoms with Gasteiger partial charge in [0.25, 0.3) is 0 Å². The molecule has 0 atom stereocenters. The van der Waals surface area contributed by atoms with E-state index in [9.17, 15) is 21.0 Å². The van der Waals surface area contributed by atoms with E-state index in [-0.39, 0.29) is 0 Å². The average Bonchev–Trinajstić information content (AvgIpc) is 3.55. The number of hydrogen-bond acceptors (Lipinski definition) is 4. The molecule has 0 aliphatic heterocycles. The molecule has 262 valence electrons. The van der Waals surface area contributed by atoms with Crippen molar-refractivity contribution in [1.29, 1.82) is 21.0 Å². The Balaban J connectivity index is 1.33. The quantitative estimate of drug-likeness (QED) is 0.170. The smallest absolute Gasteiger partial charge is 0.0991 e. The standard InChI is InChI=1S/C53H30N4/c1-29-17-32(25-54)7-11-36(29)39-15-16-43-49-24-50-46(38-13-9-34(27-56)19-31(38)3)21-47-40-14-10-35(28-57)20-44(40)45(37-12-8-33(26-55)18-30(37)2)22-51(47)52(50)23-48(49)42-6-4-5-41(39)53(42)43/h4-24H,1-3H3. The summed E-state index contributed by atoms with van der Waals surface area (Å²) < 4.78 is 0. The molecule has 0 N–H and O–H groups in total. The fourth-order valence-electron chi connectivity index (χ4n) is 9.25. The molecule has 0 radical (unpaired) electrons. The number of fused-ring (bicyclic) bond motifs is 8. The molecule has 4 heteroatoms. The first-order valence-corrected chi connectivity index (χ1v) is 18.8. The van der Waals surface area contributed by atoms with E-state index in [0.29, 0.717) is 22.3 Å². The lowest BCUT2D eigenvalue weighted by Gasteiger charge is -2.19. The molecule has 10 rings (SSSR count). The number of rotatable bonds is 3. The van der Waals surface area contributed by atoms with Crippen LogP contribution in [0.5, 0.6) is 0 Å². The molecule has 4 nitrogen and oxygen atoms in total. The lowest BCUT2D eigenvalue weighted by atomic mass is 9.84. The van der Waals surface area contributed by atoms with Crippen LogP contribution in [0.3, 0.4) is 0 Å². The SMILES string of the molecule is Cc1cc(C#N)ccc1-c1ccc2c3c(cccc13)-c1cc3c(cc1-2)c(-c1ccc(C#N)cc1C)cc1c2ccc(C#N)cc2c(-c2ccc(C#N)cc2C)cc31. The Morgan fingerprint density at radius 3 is 1.21 bits per heavy atom. The highest BCUT2D eigenvalue weighted by Crippen LogP contribution is 2.53. The van der Waals surface area contributed by atoms with Gasteiger partial charge in [-0.2, -0.15) is 21.0 Å². The Morgan fingerprint density at radius 1 is 0.281 bits per heavy atom. The molecule has 0 spiro atoms. The average molecular weight is 723 g/mol. The van der Waals surface area contributed by atoms with Crippen LogP contribution in [-0.2, 0) is 0 Å². The van der Waals surface area contributed by atoms with Gasteiger partial charge < -0.3 is 0 Å². The Bertz CT molecular complexity index is 3490. The molecular formula is C53H30N4. The minimum absolute atomic E-state index is 0.581. The molecular weight excluding hydrogens is 693 g/mol.